The van der Waals surface area contributed by atoms with Crippen molar-refractivity contribution in [1.82, 2.24) is 4.98 Å². The molecule has 0 fully saturated rings. The van der Waals surface area contributed by atoms with Crippen molar-refractivity contribution in [3.8, 4) is 0 Å². The Morgan fingerprint density at radius 3 is 2.67 bits per heavy atom. The molecule has 3 N–H and O–H groups in total. The minimum Gasteiger partial charge on any atom is -0.409 e. The van der Waals surface area contributed by atoms with Crippen molar-refractivity contribution in [3.63, 3.8) is 0 Å². The Morgan fingerprint density at radius 1 is 1.28 bits per heavy atom. The smallest absolute Gasteiger partial charge is 0.189 e. The molecular weight excluding hydrogens is 314 g/mol. The number of nitrogens with two attached hydrogens (primary N) is 1. The summed E-state index contributed by atoms with van der Waals surface area (Å²) in [5.74, 6) is 0.00946. The van der Waals surface area contributed by atoms with Crippen LogP contribution in [-0.2, 0) is 0 Å². The van der Waals surface area contributed by atoms with Crippen LogP contribution in [-0.4, -0.2) is 16.0 Å². The van der Waals surface area contributed by atoms with Gasteiger partial charge < -0.3 is 10.9 Å². The van der Waals surface area contributed by atoms with Gasteiger partial charge in [-0.05, 0) is 36.4 Å². The summed E-state index contributed by atoms with van der Waals surface area (Å²) in [6.07, 6.45) is 1.61. The van der Waals surface area contributed by atoms with Crippen molar-refractivity contribution < 1.29 is 5.21 Å². The normalized spacial score (nSPS) is 11.5. The van der Waals surface area contributed by atoms with E-state index in [4.69, 9.17) is 10.9 Å². The Hall–Kier alpha value is -1.53. The van der Waals surface area contributed by atoms with Crippen LogP contribution in [0.15, 0.2) is 62.0 Å². The van der Waals surface area contributed by atoms with E-state index in [-0.39, 0.29) is 5.84 Å². The van der Waals surface area contributed by atoms with E-state index in [2.05, 4.69) is 26.1 Å². The maximum Gasteiger partial charge on any atom is 0.189 e. The van der Waals surface area contributed by atoms with E-state index in [0.717, 1.165) is 14.3 Å². The largest absolute Gasteiger partial charge is 0.409 e. The Kier molecular flexibility index (Phi) is 4.22. The van der Waals surface area contributed by atoms with Crippen molar-refractivity contribution in [1.29, 1.82) is 0 Å². The van der Waals surface area contributed by atoms with E-state index in [0.29, 0.717) is 5.69 Å². The Bertz CT molecular complexity index is 572. The summed E-state index contributed by atoms with van der Waals surface area (Å²) < 4.78 is 1.02. The fourth-order valence-electron chi connectivity index (χ4n) is 1.34. The van der Waals surface area contributed by atoms with Crippen LogP contribution in [0.4, 0.5) is 0 Å². The van der Waals surface area contributed by atoms with Gasteiger partial charge in [0.2, 0.25) is 0 Å². The summed E-state index contributed by atoms with van der Waals surface area (Å²) in [7, 11) is 0. The number of benzene rings is 1. The van der Waals surface area contributed by atoms with E-state index in [1.54, 1.807) is 6.20 Å². The molecule has 0 amide bonds. The average molecular weight is 324 g/mol. The molecule has 6 heteroatoms. The van der Waals surface area contributed by atoms with Crippen LogP contribution in [0, 0.1) is 0 Å². The summed E-state index contributed by atoms with van der Waals surface area (Å²) in [5.41, 5.74) is 6.07. The van der Waals surface area contributed by atoms with Gasteiger partial charge in [0.15, 0.2) is 5.84 Å². The zero-order valence-corrected chi connectivity index (χ0v) is 11.6. The van der Waals surface area contributed by atoms with Crippen molar-refractivity contribution in [2.24, 2.45) is 10.9 Å². The highest BCUT2D eigenvalue weighted by Gasteiger charge is 2.09. The second-order valence-corrected chi connectivity index (χ2v) is 5.42. The Labute approximate surface area is 117 Å². The molecule has 18 heavy (non-hydrogen) atoms. The molecule has 2 aromatic rings. The number of pyridine rings is 1. The van der Waals surface area contributed by atoms with E-state index < -0.39 is 0 Å². The number of aromatic nitrogens is 1. The van der Waals surface area contributed by atoms with Crippen LogP contribution in [0.3, 0.4) is 0 Å². The van der Waals surface area contributed by atoms with Crippen LogP contribution in [0.25, 0.3) is 0 Å². The molecule has 0 spiro atoms. The molecule has 2 rings (SSSR count). The minimum atomic E-state index is 0.00946. The molecule has 0 aliphatic heterocycles. The molecule has 0 aliphatic carbocycles. The predicted octanol–water partition coefficient (Wildman–Crippen LogP) is 3.09. The van der Waals surface area contributed by atoms with E-state index in [1.807, 2.05) is 36.4 Å². The lowest BCUT2D eigenvalue weighted by atomic mass is 10.3. The Balaban J connectivity index is 2.32. The number of hydrogen-bond donors (Lipinski definition) is 2. The summed E-state index contributed by atoms with van der Waals surface area (Å²) in [6, 6.07) is 11.6. The molecule has 0 atom stereocenters. The first kappa shape index (κ1) is 12.9. The SMILES string of the molecule is N/C(=N/O)c1ncccc1Sc1ccc(Br)cc1. The zero-order valence-electron chi connectivity index (χ0n) is 9.25. The molecule has 1 aromatic heterocycles. The van der Waals surface area contributed by atoms with Crippen LogP contribution >= 0.6 is 27.7 Å². The average Bonchev–Trinajstić information content (AvgIpc) is 2.41. The minimum absolute atomic E-state index is 0.00946. The van der Waals surface area contributed by atoms with Gasteiger partial charge in [0.05, 0.1) is 0 Å². The van der Waals surface area contributed by atoms with E-state index in [9.17, 15) is 0 Å². The highest BCUT2D eigenvalue weighted by molar-refractivity contribution is 9.10. The fraction of sp³-hybridized carbons (Fsp3) is 0. The van der Waals surface area contributed by atoms with Gasteiger partial charge in [-0.1, -0.05) is 32.8 Å². The van der Waals surface area contributed by atoms with Gasteiger partial charge in [0.1, 0.15) is 5.69 Å². The third-order valence-electron chi connectivity index (χ3n) is 2.16. The van der Waals surface area contributed by atoms with Crippen molar-refractivity contribution in [2.75, 3.05) is 0 Å². The molecule has 0 saturated heterocycles. The highest BCUT2D eigenvalue weighted by Crippen LogP contribution is 2.30. The molecule has 0 saturated carbocycles. The highest BCUT2D eigenvalue weighted by atomic mass is 79.9. The fourth-order valence-corrected chi connectivity index (χ4v) is 2.53. The lowest BCUT2D eigenvalue weighted by Gasteiger charge is -2.06. The molecule has 0 radical (unpaired) electrons. The van der Waals surface area contributed by atoms with Crippen molar-refractivity contribution in [2.45, 2.75) is 9.79 Å². The van der Waals surface area contributed by atoms with Gasteiger partial charge >= 0.3 is 0 Å². The summed E-state index contributed by atoms with van der Waals surface area (Å²) in [6.45, 7) is 0. The maximum absolute atomic E-state index is 8.72. The number of nitrogens with zero attached hydrogens (tertiary/aromatic N) is 2. The topological polar surface area (TPSA) is 71.5 Å². The lowest BCUT2D eigenvalue weighted by molar-refractivity contribution is 0.318. The second-order valence-electron chi connectivity index (χ2n) is 3.39. The molecule has 92 valence electrons. The van der Waals surface area contributed by atoms with Gasteiger partial charge in [-0.2, -0.15) is 0 Å². The monoisotopic (exact) mass is 323 g/mol. The predicted molar refractivity (Wildman–Crippen MR) is 75.0 cm³/mol. The summed E-state index contributed by atoms with van der Waals surface area (Å²) >= 11 is 4.90. The van der Waals surface area contributed by atoms with Crippen LogP contribution in [0.1, 0.15) is 5.69 Å². The standard InChI is InChI=1S/C12H10BrN3OS/c13-8-3-5-9(6-4-8)18-10-2-1-7-15-11(10)12(14)16-17/h1-7,17H,(H2,14,16). The molecule has 0 bridgehead atoms. The first-order chi connectivity index (χ1) is 8.70. The molecule has 0 unspecified atom stereocenters. The first-order valence-electron chi connectivity index (χ1n) is 5.07. The second kappa shape index (κ2) is 5.88. The van der Waals surface area contributed by atoms with E-state index >= 15 is 0 Å². The van der Waals surface area contributed by atoms with Gasteiger partial charge in [-0.25, -0.2) is 0 Å². The molecule has 1 heterocycles. The third kappa shape index (κ3) is 3.02. The lowest BCUT2D eigenvalue weighted by Crippen LogP contribution is -2.15. The summed E-state index contributed by atoms with van der Waals surface area (Å²) in [4.78, 5) is 6.01. The van der Waals surface area contributed by atoms with Crippen LogP contribution < -0.4 is 5.73 Å². The Morgan fingerprint density at radius 2 is 2.00 bits per heavy atom. The molecule has 4 nitrogen and oxygen atoms in total. The van der Waals surface area contributed by atoms with Crippen LogP contribution in [0.2, 0.25) is 0 Å². The molecular formula is C12H10BrN3OS. The third-order valence-corrected chi connectivity index (χ3v) is 3.75. The van der Waals surface area contributed by atoms with Gasteiger partial charge in [-0.15, -0.1) is 0 Å². The van der Waals surface area contributed by atoms with Gasteiger partial charge in [-0.3, -0.25) is 4.98 Å². The van der Waals surface area contributed by atoms with E-state index in [1.165, 1.54) is 11.8 Å². The van der Waals surface area contributed by atoms with Crippen molar-refractivity contribution >= 4 is 33.5 Å². The zero-order chi connectivity index (χ0) is 13.0. The van der Waals surface area contributed by atoms with Gasteiger partial charge in [0.25, 0.3) is 0 Å². The first-order valence-corrected chi connectivity index (χ1v) is 6.68. The number of oxime groups is 1. The molecule has 0 aliphatic rings. The summed E-state index contributed by atoms with van der Waals surface area (Å²) in [5, 5.41) is 11.7. The maximum atomic E-state index is 8.72. The quantitative estimate of drug-likeness (QED) is 0.394. The number of rotatable bonds is 3. The van der Waals surface area contributed by atoms with Gasteiger partial charge in [0, 0.05) is 20.5 Å². The van der Waals surface area contributed by atoms with Crippen LogP contribution in [0.5, 0.6) is 0 Å². The molecule has 1 aromatic carbocycles. The number of hydrogen-bond acceptors (Lipinski definition) is 4. The number of amidine groups is 1. The number of halogens is 1. The van der Waals surface area contributed by atoms with Crippen molar-refractivity contribution in [3.05, 3.63) is 52.8 Å².